The van der Waals surface area contributed by atoms with Gasteiger partial charge in [-0.25, -0.2) is 4.79 Å². The minimum absolute atomic E-state index is 0.229. The van der Waals surface area contributed by atoms with E-state index < -0.39 is 12.0 Å². The Balaban J connectivity index is 2.42. The Morgan fingerprint density at radius 1 is 1.59 bits per heavy atom. The van der Waals surface area contributed by atoms with Gasteiger partial charge in [-0.2, -0.15) is 0 Å². The van der Waals surface area contributed by atoms with Crippen LogP contribution in [-0.2, 0) is 19.1 Å². The van der Waals surface area contributed by atoms with Crippen LogP contribution in [0.25, 0.3) is 0 Å². The van der Waals surface area contributed by atoms with Crippen LogP contribution in [0.1, 0.15) is 19.3 Å². The highest BCUT2D eigenvalue weighted by molar-refractivity contribution is 5.85. The molecule has 6 nitrogen and oxygen atoms in total. The van der Waals surface area contributed by atoms with Crippen molar-refractivity contribution in [3.05, 3.63) is 0 Å². The molecule has 1 aliphatic rings. The molecule has 0 saturated carbocycles. The van der Waals surface area contributed by atoms with Crippen molar-refractivity contribution >= 4 is 11.9 Å². The highest BCUT2D eigenvalue weighted by Crippen LogP contribution is 2.13. The number of amides is 1. The molecule has 0 radical (unpaired) electrons. The van der Waals surface area contributed by atoms with Crippen molar-refractivity contribution in [2.45, 2.75) is 25.3 Å². The third-order valence-electron chi connectivity index (χ3n) is 2.76. The zero-order valence-corrected chi connectivity index (χ0v) is 9.98. The molecule has 1 saturated heterocycles. The Morgan fingerprint density at radius 2 is 2.35 bits per heavy atom. The maximum Gasteiger partial charge on any atom is 0.326 e. The lowest BCUT2D eigenvalue weighted by atomic mass is 10.0. The first kappa shape index (κ1) is 13.9. The van der Waals surface area contributed by atoms with Gasteiger partial charge in [-0.15, -0.1) is 0 Å². The third kappa shape index (κ3) is 4.70. The Bertz CT molecular complexity index is 263. The first-order chi connectivity index (χ1) is 8.15. The second-order valence-electron chi connectivity index (χ2n) is 4.09. The maximum atomic E-state index is 11.8. The maximum absolute atomic E-state index is 11.8. The predicted molar refractivity (Wildman–Crippen MR) is 59.6 cm³/mol. The van der Waals surface area contributed by atoms with E-state index in [-0.39, 0.29) is 18.2 Å². The van der Waals surface area contributed by atoms with Crippen molar-refractivity contribution in [2.24, 2.45) is 5.92 Å². The fourth-order valence-corrected chi connectivity index (χ4v) is 1.73. The predicted octanol–water partition coefficient (Wildman–Crippen LogP) is 0.0189. The monoisotopic (exact) mass is 245 g/mol. The van der Waals surface area contributed by atoms with Crippen LogP contribution in [0, 0.1) is 5.92 Å². The van der Waals surface area contributed by atoms with Gasteiger partial charge in [0.05, 0.1) is 12.5 Å². The van der Waals surface area contributed by atoms with Crippen molar-refractivity contribution in [1.82, 2.24) is 5.32 Å². The first-order valence-corrected chi connectivity index (χ1v) is 5.75. The Hall–Kier alpha value is -1.14. The van der Waals surface area contributed by atoms with Gasteiger partial charge in [0.25, 0.3) is 0 Å². The number of rotatable bonds is 6. The van der Waals surface area contributed by atoms with Crippen molar-refractivity contribution in [1.29, 1.82) is 0 Å². The average molecular weight is 245 g/mol. The highest BCUT2D eigenvalue weighted by Gasteiger charge is 2.26. The van der Waals surface area contributed by atoms with Crippen LogP contribution in [0.4, 0.5) is 0 Å². The lowest BCUT2D eigenvalue weighted by Gasteiger charge is -2.23. The van der Waals surface area contributed by atoms with Crippen LogP contribution in [0.5, 0.6) is 0 Å². The first-order valence-electron chi connectivity index (χ1n) is 5.75. The lowest BCUT2D eigenvalue weighted by molar-refractivity contribution is -0.143. The molecule has 1 heterocycles. The summed E-state index contributed by atoms with van der Waals surface area (Å²) in [5.41, 5.74) is 0. The Morgan fingerprint density at radius 3 is 2.88 bits per heavy atom. The number of methoxy groups -OCH3 is 1. The van der Waals surface area contributed by atoms with Gasteiger partial charge in [0.15, 0.2) is 0 Å². The molecule has 0 aromatic carbocycles. The van der Waals surface area contributed by atoms with Crippen LogP contribution >= 0.6 is 0 Å². The van der Waals surface area contributed by atoms with E-state index in [0.29, 0.717) is 19.8 Å². The molecule has 6 heteroatoms. The summed E-state index contributed by atoms with van der Waals surface area (Å²) < 4.78 is 10.0. The zero-order valence-electron chi connectivity index (χ0n) is 9.98. The number of carboxylic acids is 1. The summed E-state index contributed by atoms with van der Waals surface area (Å²) in [6, 6.07) is -0.885. The van der Waals surface area contributed by atoms with Gasteiger partial charge in [-0.3, -0.25) is 4.79 Å². The summed E-state index contributed by atoms with van der Waals surface area (Å²) in [6.45, 7) is 1.36. The number of carbonyl (C=O) groups is 2. The van der Waals surface area contributed by atoms with Gasteiger partial charge in [0, 0.05) is 26.7 Å². The van der Waals surface area contributed by atoms with Crippen LogP contribution < -0.4 is 5.32 Å². The number of hydrogen-bond donors (Lipinski definition) is 2. The van der Waals surface area contributed by atoms with Crippen LogP contribution in [0.2, 0.25) is 0 Å². The molecular weight excluding hydrogens is 226 g/mol. The van der Waals surface area contributed by atoms with E-state index in [9.17, 15) is 9.59 Å². The quantitative estimate of drug-likeness (QED) is 0.689. The van der Waals surface area contributed by atoms with E-state index in [0.717, 1.165) is 12.8 Å². The van der Waals surface area contributed by atoms with E-state index in [1.165, 1.54) is 7.11 Å². The second kappa shape index (κ2) is 7.24. The molecule has 0 bridgehead atoms. The fourth-order valence-electron chi connectivity index (χ4n) is 1.73. The Labute approximate surface area is 100 Å². The summed E-state index contributed by atoms with van der Waals surface area (Å²) in [7, 11) is 1.50. The molecule has 0 aliphatic carbocycles. The topological polar surface area (TPSA) is 84.9 Å². The van der Waals surface area contributed by atoms with E-state index in [2.05, 4.69) is 5.32 Å². The van der Waals surface area contributed by atoms with Crippen LogP contribution in [0.15, 0.2) is 0 Å². The molecule has 1 aliphatic heterocycles. The lowest BCUT2D eigenvalue weighted by Crippen LogP contribution is -2.45. The number of ether oxygens (including phenoxy) is 2. The number of hydrogen-bond acceptors (Lipinski definition) is 4. The molecule has 0 aromatic heterocycles. The molecule has 1 amide bonds. The van der Waals surface area contributed by atoms with Crippen molar-refractivity contribution in [2.75, 3.05) is 26.9 Å². The molecule has 98 valence electrons. The molecule has 0 aromatic rings. The minimum atomic E-state index is -1.04. The van der Waals surface area contributed by atoms with E-state index in [1.807, 2.05) is 0 Å². The number of nitrogens with one attached hydrogen (secondary N) is 1. The largest absolute Gasteiger partial charge is 0.480 e. The molecular formula is C11H19NO5. The van der Waals surface area contributed by atoms with Gasteiger partial charge in [-0.1, -0.05) is 0 Å². The van der Waals surface area contributed by atoms with Gasteiger partial charge in [0.1, 0.15) is 6.04 Å². The molecule has 1 rings (SSSR count). The molecule has 2 N–H and O–H groups in total. The summed E-state index contributed by atoms with van der Waals surface area (Å²) in [5, 5.41) is 11.5. The Kier molecular flexibility index (Phi) is 5.93. The number of carbonyl (C=O) groups excluding carboxylic acids is 1. The number of aliphatic carboxylic acids is 1. The van der Waals surface area contributed by atoms with E-state index >= 15 is 0 Å². The van der Waals surface area contributed by atoms with Gasteiger partial charge >= 0.3 is 5.97 Å². The van der Waals surface area contributed by atoms with Gasteiger partial charge < -0.3 is 19.9 Å². The summed E-state index contributed by atoms with van der Waals surface area (Å²) >= 11 is 0. The summed E-state index contributed by atoms with van der Waals surface area (Å²) in [6.07, 6.45) is 1.86. The highest BCUT2D eigenvalue weighted by atomic mass is 16.5. The van der Waals surface area contributed by atoms with E-state index in [4.69, 9.17) is 14.6 Å². The smallest absolute Gasteiger partial charge is 0.326 e. The second-order valence-corrected chi connectivity index (χ2v) is 4.09. The molecule has 0 spiro atoms. The minimum Gasteiger partial charge on any atom is -0.480 e. The third-order valence-corrected chi connectivity index (χ3v) is 2.76. The molecule has 2 atom stereocenters. The van der Waals surface area contributed by atoms with Crippen LogP contribution in [0.3, 0.4) is 0 Å². The fraction of sp³-hybridized carbons (Fsp3) is 0.818. The summed E-state index contributed by atoms with van der Waals surface area (Å²) in [5.74, 6) is -1.51. The molecule has 17 heavy (non-hydrogen) atoms. The van der Waals surface area contributed by atoms with Gasteiger partial charge in [-0.05, 0) is 12.8 Å². The summed E-state index contributed by atoms with van der Waals surface area (Å²) in [4.78, 5) is 22.7. The standard InChI is InChI=1S/C11H19NO5/c1-16-6-4-9(11(14)15)12-10(13)8-3-2-5-17-7-8/h8-9H,2-7H2,1H3,(H,12,13)(H,14,15). The van der Waals surface area contributed by atoms with Crippen molar-refractivity contribution in [3.8, 4) is 0 Å². The number of carboxylic acid groups (broad SMARTS) is 1. The molecule has 1 fully saturated rings. The normalized spacial score (nSPS) is 21.8. The SMILES string of the molecule is COCCC(NC(=O)C1CCCOC1)C(=O)O. The van der Waals surface area contributed by atoms with Crippen molar-refractivity contribution in [3.63, 3.8) is 0 Å². The zero-order chi connectivity index (χ0) is 12.7. The molecule has 2 unspecified atom stereocenters. The van der Waals surface area contributed by atoms with Crippen LogP contribution in [-0.4, -0.2) is 50.0 Å². The van der Waals surface area contributed by atoms with Gasteiger partial charge in [0.2, 0.25) is 5.91 Å². The average Bonchev–Trinajstić information content (AvgIpc) is 2.35. The van der Waals surface area contributed by atoms with Crippen molar-refractivity contribution < 1.29 is 24.2 Å². The van der Waals surface area contributed by atoms with E-state index in [1.54, 1.807) is 0 Å².